The van der Waals surface area contributed by atoms with E-state index in [1.165, 1.54) is 12.1 Å². The van der Waals surface area contributed by atoms with Gasteiger partial charge in [-0.25, -0.2) is 4.39 Å². The van der Waals surface area contributed by atoms with Crippen molar-refractivity contribution in [3.63, 3.8) is 0 Å². The first-order chi connectivity index (χ1) is 10.1. The van der Waals surface area contributed by atoms with Crippen LogP contribution in [0.3, 0.4) is 0 Å². The van der Waals surface area contributed by atoms with Crippen molar-refractivity contribution >= 4 is 22.6 Å². The minimum Gasteiger partial charge on any atom is -0.491 e. The molecule has 0 fully saturated rings. The molecule has 5 heteroatoms. The van der Waals surface area contributed by atoms with Gasteiger partial charge < -0.3 is 14.9 Å². The maximum Gasteiger partial charge on any atom is 0.134 e. The topological polar surface area (TPSA) is 48.4 Å². The van der Waals surface area contributed by atoms with E-state index in [1.807, 2.05) is 0 Å². The fraction of sp³-hybridized carbons (Fsp3) is 0.125. The quantitative estimate of drug-likeness (QED) is 0.781. The maximum absolute atomic E-state index is 13.1. The first-order valence-electron chi connectivity index (χ1n) is 6.45. The Balaban J connectivity index is 1.71. The van der Waals surface area contributed by atoms with Crippen LogP contribution in [0.4, 0.5) is 4.39 Å². The summed E-state index contributed by atoms with van der Waals surface area (Å²) in [6.07, 6.45) is 0. The molecule has 0 radical (unpaired) electrons. The van der Waals surface area contributed by atoms with Gasteiger partial charge in [-0.1, -0.05) is 11.6 Å². The van der Waals surface area contributed by atoms with Gasteiger partial charge in [0.2, 0.25) is 0 Å². The fourth-order valence-corrected chi connectivity index (χ4v) is 2.14. The number of rotatable bonds is 4. The van der Waals surface area contributed by atoms with E-state index in [2.05, 4.69) is 0 Å². The van der Waals surface area contributed by atoms with Crippen molar-refractivity contribution < 1.29 is 13.5 Å². The van der Waals surface area contributed by atoms with Crippen LogP contribution >= 0.6 is 11.6 Å². The molecule has 0 saturated heterocycles. The zero-order valence-corrected chi connectivity index (χ0v) is 11.8. The lowest BCUT2D eigenvalue weighted by molar-refractivity contribution is 0.275. The molecule has 21 heavy (non-hydrogen) atoms. The molecule has 0 aliphatic carbocycles. The monoisotopic (exact) mass is 305 g/mol. The van der Waals surface area contributed by atoms with Crippen LogP contribution in [0.25, 0.3) is 11.0 Å². The van der Waals surface area contributed by atoms with Gasteiger partial charge in [0.1, 0.15) is 29.5 Å². The number of hydrogen-bond donors (Lipinski definition) is 1. The van der Waals surface area contributed by atoms with E-state index >= 15 is 0 Å². The number of hydrogen-bond acceptors (Lipinski definition) is 3. The number of benzene rings is 2. The third kappa shape index (κ3) is 3.17. The zero-order valence-electron chi connectivity index (χ0n) is 11.1. The van der Waals surface area contributed by atoms with Crippen LogP contribution in [0.2, 0.25) is 5.02 Å². The highest BCUT2D eigenvalue weighted by atomic mass is 35.5. The smallest absolute Gasteiger partial charge is 0.134 e. The lowest BCUT2D eigenvalue weighted by Crippen LogP contribution is -2.18. The Hall–Kier alpha value is -2.04. The molecule has 0 saturated carbocycles. The van der Waals surface area contributed by atoms with E-state index < -0.39 is 6.04 Å². The average Bonchev–Trinajstić information content (AvgIpc) is 2.89. The Morgan fingerprint density at radius 3 is 2.67 bits per heavy atom. The molecular formula is C16H13ClFNO2. The van der Waals surface area contributed by atoms with Gasteiger partial charge in [-0.15, -0.1) is 0 Å². The van der Waals surface area contributed by atoms with Crippen molar-refractivity contribution in [2.45, 2.75) is 6.04 Å². The highest BCUT2D eigenvalue weighted by Crippen LogP contribution is 2.24. The van der Waals surface area contributed by atoms with E-state index in [0.29, 0.717) is 27.5 Å². The fourth-order valence-electron chi connectivity index (χ4n) is 2.02. The molecule has 1 aromatic heterocycles. The Kier molecular flexibility index (Phi) is 3.82. The van der Waals surface area contributed by atoms with Crippen molar-refractivity contribution in [2.24, 2.45) is 5.73 Å². The van der Waals surface area contributed by atoms with Gasteiger partial charge in [-0.05, 0) is 48.5 Å². The summed E-state index contributed by atoms with van der Waals surface area (Å²) in [6, 6.07) is 12.7. The second kappa shape index (κ2) is 5.76. The first kappa shape index (κ1) is 13.9. The van der Waals surface area contributed by atoms with Crippen molar-refractivity contribution in [3.8, 4) is 5.75 Å². The predicted molar refractivity (Wildman–Crippen MR) is 80.0 cm³/mol. The molecule has 0 aliphatic rings. The summed E-state index contributed by atoms with van der Waals surface area (Å²) in [5, 5.41) is 1.33. The zero-order chi connectivity index (χ0) is 14.8. The predicted octanol–water partition coefficient (Wildman–Crippen LogP) is 4.30. The molecule has 2 N–H and O–H groups in total. The van der Waals surface area contributed by atoms with Crippen molar-refractivity contribution in [1.82, 2.24) is 0 Å². The molecule has 1 heterocycles. The second-order valence-electron chi connectivity index (χ2n) is 4.70. The molecule has 3 aromatic rings. The van der Waals surface area contributed by atoms with Gasteiger partial charge in [0.05, 0.1) is 6.04 Å². The van der Waals surface area contributed by atoms with E-state index in [0.717, 1.165) is 0 Å². The number of ether oxygens (including phenoxy) is 1. The third-order valence-corrected chi connectivity index (χ3v) is 3.36. The lowest BCUT2D eigenvalue weighted by Gasteiger charge is -2.10. The first-order valence-corrected chi connectivity index (χ1v) is 6.82. The standard InChI is InChI=1S/C16H13ClFNO2/c17-11-1-4-13(5-2-11)20-9-14(19)16-8-10-7-12(18)3-6-15(10)21-16/h1-8,14H,9,19H2. The molecule has 0 bridgehead atoms. The van der Waals surface area contributed by atoms with Gasteiger partial charge >= 0.3 is 0 Å². The van der Waals surface area contributed by atoms with Crippen molar-refractivity contribution in [1.29, 1.82) is 0 Å². The minimum absolute atomic E-state index is 0.254. The van der Waals surface area contributed by atoms with Crippen LogP contribution in [-0.2, 0) is 0 Å². The van der Waals surface area contributed by atoms with Crippen LogP contribution in [0, 0.1) is 5.82 Å². The summed E-state index contributed by atoms with van der Waals surface area (Å²) in [7, 11) is 0. The van der Waals surface area contributed by atoms with Gasteiger partial charge in [0, 0.05) is 10.4 Å². The summed E-state index contributed by atoms with van der Waals surface area (Å²) < 4.78 is 24.3. The van der Waals surface area contributed by atoms with Gasteiger partial charge in [0.15, 0.2) is 0 Å². The molecule has 1 atom stereocenters. The van der Waals surface area contributed by atoms with Crippen LogP contribution < -0.4 is 10.5 Å². The Bertz CT molecular complexity index is 755. The van der Waals surface area contributed by atoms with Crippen molar-refractivity contribution in [3.05, 3.63) is 65.1 Å². The van der Waals surface area contributed by atoms with Crippen LogP contribution in [-0.4, -0.2) is 6.61 Å². The largest absolute Gasteiger partial charge is 0.491 e. The number of halogens is 2. The van der Waals surface area contributed by atoms with E-state index in [9.17, 15) is 4.39 Å². The molecule has 3 rings (SSSR count). The normalized spacial score (nSPS) is 12.5. The SMILES string of the molecule is NC(COc1ccc(Cl)cc1)c1cc2cc(F)ccc2o1. The molecule has 108 valence electrons. The van der Waals surface area contributed by atoms with Gasteiger partial charge in [-0.3, -0.25) is 0 Å². The van der Waals surface area contributed by atoms with Crippen LogP contribution in [0.5, 0.6) is 5.75 Å². The molecule has 0 aliphatic heterocycles. The lowest BCUT2D eigenvalue weighted by atomic mass is 10.2. The molecular weight excluding hydrogens is 293 g/mol. The van der Waals surface area contributed by atoms with Crippen molar-refractivity contribution in [2.75, 3.05) is 6.61 Å². The summed E-state index contributed by atoms with van der Waals surface area (Å²) in [5.41, 5.74) is 6.64. The maximum atomic E-state index is 13.1. The number of nitrogens with two attached hydrogens (primary N) is 1. The number of furan rings is 1. The molecule has 3 nitrogen and oxygen atoms in total. The van der Waals surface area contributed by atoms with E-state index in [-0.39, 0.29) is 12.4 Å². The molecule has 1 unspecified atom stereocenters. The summed E-state index contributed by atoms with van der Waals surface area (Å²) in [6.45, 7) is 0.254. The number of fused-ring (bicyclic) bond motifs is 1. The third-order valence-electron chi connectivity index (χ3n) is 3.11. The average molecular weight is 306 g/mol. The van der Waals surface area contributed by atoms with E-state index in [4.69, 9.17) is 26.5 Å². The van der Waals surface area contributed by atoms with Gasteiger partial charge in [0.25, 0.3) is 0 Å². The Labute approximate surface area is 126 Å². The Morgan fingerprint density at radius 1 is 1.14 bits per heavy atom. The molecule has 0 spiro atoms. The Morgan fingerprint density at radius 2 is 1.90 bits per heavy atom. The summed E-state index contributed by atoms with van der Waals surface area (Å²) in [4.78, 5) is 0. The highest BCUT2D eigenvalue weighted by molar-refractivity contribution is 6.30. The van der Waals surface area contributed by atoms with Crippen LogP contribution in [0.15, 0.2) is 52.9 Å². The highest BCUT2D eigenvalue weighted by Gasteiger charge is 2.13. The molecule has 0 amide bonds. The second-order valence-corrected chi connectivity index (χ2v) is 5.14. The van der Waals surface area contributed by atoms with Gasteiger partial charge in [-0.2, -0.15) is 0 Å². The summed E-state index contributed by atoms with van der Waals surface area (Å²) >= 11 is 5.80. The minimum atomic E-state index is -0.434. The summed E-state index contributed by atoms with van der Waals surface area (Å²) in [5.74, 6) is 0.933. The van der Waals surface area contributed by atoms with Crippen LogP contribution in [0.1, 0.15) is 11.8 Å². The van der Waals surface area contributed by atoms with E-state index in [1.54, 1.807) is 36.4 Å². The molecule has 2 aromatic carbocycles.